The van der Waals surface area contributed by atoms with E-state index in [4.69, 9.17) is 23.2 Å². The Hall–Kier alpha value is -1.12. The summed E-state index contributed by atoms with van der Waals surface area (Å²) in [6, 6.07) is 5.26. The first-order chi connectivity index (χ1) is 8.70. The number of hydrogen-bond donors (Lipinski definition) is 0. The van der Waals surface area contributed by atoms with Gasteiger partial charge in [-0.2, -0.15) is 0 Å². The lowest BCUT2D eigenvalue weighted by atomic mass is 9.85. The third kappa shape index (κ3) is 2.75. The number of fused-ring (bicyclic) bond motifs is 1. The second-order valence-corrected chi connectivity index (χ2v) is 6.66. The van der Waals surface area contributed by atoms with Gasteiger partial charge in [-0.15, -0.1) is 0 Å². The van der Waals surface area contributed by atoms with E-state index in [0.717, 1.165) is 12.0 Å². The molecule has 1 aromatic carbocycles. The van der Waals surface area contributed by atoms with Gasteiger partial charge in [0.1, 0.15) is 10.1 Å². The summed E-state index contributed by atoms with van der Waals surface area (Å²) in [5.41, 5.74) is 1.79. The lowest BCUT2D eigenvalue weighted by Gasteiger charge is -2.20. The Kier molecular flexibility index (Phi) is 3.59. The molecule has 0 saturated carbocycles. The van der Waals surface area contributed by atoms with Crippen LogP contribution in [0, 0.1) is 5.41 Å². The number of halogens is 2. The maximum Gasteiger partial charge on any atom is 0.206 e. The van der Waals surface area contributed by atoms with E-state index >= 15 is 0 Å². The fraction of sp³-hybridized carbons (Fsp3) is 0.333. The number of hydrogen-bond acceptors (Lipinski definition) is 2. The van der Waals surface area contributed by atoms with Crippen LogP contribution in [0.3, 0.4) is 0 Å². The van der Waals surface area contributed by atoms with Crippen LogP contribution >= 0.6 is 23.2 Å². The van der Waals surface area contributed by atoms with Crippen molar-refractivity contribution in [3.8, 4) is 0 Å². The quantitative estimate of drug-likeness (QED) is 0.772. The zero-order valence-corrected chi connectivity index (χ0v) is 12.5. The van der Waals surface area contributed by atoms with E-state index in [-0.39, 0.29) is 27.0 Å². The summed E-state index contributed by atoms with van der Waals surface area (Å²) < 4.78 is 0. The van der Waals surface area contributed by atoms with Gasteiger partial charge in [-0.1, -0.05) is 50.0 Å². The molecule has 0 aliphatic heterocycles. The highest BCUT2D eigenvalue weighted by Crippen LogP contribution is 2.32. The van der Waals surface area contributed by atoms with E-state index in [2.05, 4.69) is 20.8 Å². The molecule has 0 amide bonds. The van der Waals surface area contributed by atoms with E-state index in [1.807, 2.05) is 6.07 Å². The molecule has 0 aromatic heterocycles. The molecule has 2 nitrogen and oxygen atoms in total. The second kappa shape index (κ2) is 4.77. The molecule has 0 atom stereocenters. The first-order valence-electron chi connectivity index (χ1n) is 5.98. The Bertz CT molecular complexity index is 607. The zero-order chi connectivity index (χ0) is 14.4. The van der Waals surface area contributed by atoms with Gasteiger partial charge in [-0.05, 0) is 29.5 Å². The van der Waals surface area contributed by atoms with Crippen molar-refractivity contribution in [2.24, 2.45) is 5.41 Å². The molecule has 1 aromatic rings. The van der Waals surface area contributed by atoms with E-state index in [0.29, 0.717) is 11.1 Å². The monoisotopic (exact) mass is 296 g/mol. The molecule has 0 saturated heterocycles. The predicted octanol–water partition coefficient (Wildman–Crippen LogP) is 4.34. The summed E-state index contributed by atoms with van der Waals surface area (Å²) in [6.45, 7) is 6.34. The Morgan fingerprint density at radius 2 is 1.47 bits per heavy atom. The molecule has 0 N–H and O–H groups in total. The zero-order valence-electron chi connectivity index (χ0n) is 11.0. The molecule has 0 radical (unpaired) electrons. The molecule has 19 heavy (non-hydrogen) atoms. The van der Waals surface area contributed by atoms with Crippen molar-refractivity contribution in [2.75, 3.05) is 0 Å². The lowest BCUT2D eigenvalue weighted by Crippen LogP contribution is -2.18. The minimum Gasteiger partial charge on any atom is -0.288 e. The van der Waals surface area contributed by atoms with Crippen LogP contribution in [0.2, 0.25) is 0 Å². The first kappa shape index (κ1) is 14.3. The Morgan fingerprint density at radius 1 is 0.947 bits per heavy atom. The van der Waals surface area contributed by atoms with Gasteiger partial charge in [0, 0.05) is 11.1 Å². The number of allylic oxidation sites excluding steroid dienone is 2. The average Bonchev–Trinajstić information content (AvgIpc) is 2.31. The fourth-order valence-electron chi connectivity index (χ4n) is 2.14. The van der Waals surface area contributed by atoms with Crippen LogP contribution in [0.25, 0.3) is 0 Å². The second-order valence-electron chi connectivity index (χ2n) is 5.90. The summed E-state index contributed by atoms with van der Waals surface area (Å²) in [6.07, 6.45) is 0.816. The fourth-order valence-corrected chi connectivity index (χ4v) is 2.51. The Balaban J connectivity index is 2.50. The van der Waals surface area contributed by atoms with Crippen LogP contribution in [0.4, 0.5) is 0 Å². The topological polar surface area (TPSA) is 34.1 Å². The summed E-state index contributed by atoms with van der Waals surface area (Å²) in [5.74, 6) is -0.763. The third-order valence-electron chi connectivity index (χ3n) is 2.90. The van der Waals surface area contributed by atoms with Crippen LogP contribution in [-0.2, 0) is 6.42 Å². The molecule has 0 spiro atoms. The Labute approximate surface area is 122 Å². The summed E-state index contributed by atoms with van der Waals surface area (Å²) in [4.78, 5) is 24.0. The van der Waals surface area contributed by atoms with Crippen molar-refractivity contribution in [1.82, 2.24) is 0 Å². The number of benzene rings is 1. The van der Waals surface area contributed by atoms with Crippen molar-refractivity contribution in [1.29, 1.82) is 0 Å². The highest BCUT2D eigenvalue weighted by Gasteiger charge is 2.30. The van der Waals surface area contributed by atoms with Crippen molar-refractivity contribution >= 4 is 34.8 Å². The molecule has 100 valence electrons. The summed E-state index contributed by atoms with van der Waals surface area (Å²) in [5, 5.41) is -0.380. The smallest absolute Gasteiger partial charge is 0.206 e. The maximum absolute atomic E-state index is 12.1. The number of rotatable bonds is 1. The van der Waals surface area contributed by atoms with Gasteiger partial charge in [-0.25, -0.2) is 0 Å². The number of ketones is 2. The molecule has 0 bridgehead atoms. The van der Waals surface area contributed by atoms with Crippen LogP contribution in [-0.4, -0.2) is 11.6 Å². The maximum atomic E-state index is 12.1. The molecular formula is C15H14Cl2O2. The minimum absolute atomic E-state index is 0.104. The van der Waals surface area contributed by atoms with Crippen molar-refractivity contribution < 1.29 is 9.59 Å². The van der Waals surface area contributed by atoms with Crippen LogP contribution in [0.1, 0.15) is 47.1 Å². The van der Waals surface area contributed by atoms with Gasteiger partial charge < -0.3 is 0 Å². The van der Waals surface area contributed by atoms with Gasteiger partial charge in [-0.3, -0.25) is 9.59 Å². The van der Waals surface area contributed by atoms with Crippen LogP contribution < -0.4 is 0 Å². The average molecular weight is 297 g/mol. The molecule has 1 aliphatic rings. The normalized spacial score (nSPS) is 15.8. The summed E-state index contributed by atoms with van der Waals surface area (Å²) in [7, 11) is 0. The number of Topliss-reactive ketones (excluding diaryl/α,β-unsaturated/α-hetero) is 2. The highest BCUT2D eigenvalue weighted by molar-refractivity contribution is 6.59. The molecule has 0 fully saturated rings. The molecule has 1 aliphatic carbocycles. The number of carbonyl (C=O) groups excluding carboxylic acids is 2. The largest absolute Gasteiger partial charge is 0.288 e. The SMILES string of the molecule is CC(C)(C)Cc1ccc2c(c1)C(=O)C(Cl)=C(Cl)C2=O. The standard InChI is InChI=1S/C15H14Cl2O2/c1-15(2,3)7-8-4-5-9-10(6-8)14(19)12(17)11(16)13(9)18/h4-6H,7H2,1-3H3. The lowest BCUT2D eigenvalue weighted by molar-refractivity contribution is 0.0987. The van der Waals surface area contributed by atoms with Gasteiger partial charge in [0.05, 0.1) is 0 Å². The van der Waals surface area contributed by atoms with Crippen molar-refractivity contribution in [3.05, 3.63) is 45.0 Å². The molecule has 2 rings (SSSR count). The van der Waals surface area contributed by atoms with E-state index in [9.17, 15) is 9.59 Å². The Morgan fingerprint density at radius 3 is 2.00 bits per heavy atom. The highest BCUT2D eigenvalue weighted by atomic mass is 35.5. The van der Waals surface area contributed by atoms with Gasteiger partial charge in [0.15, 0.2) is 0 Å². The van der Waals surface area contributed by atoms with E-state index in [1.165, 1.54) is 0 Å². The molecular weight excluding hydrogens is 283 g/mol. The molecule has 0 unspecified atom stereocenters. The van der Waals surface area contributed by atoms with Crippen molar-refractivity contribution in [2.45, 2.75) is 27.2 Å². The van der Waals surface area contributed by atoms with Crippen LogP contribution in [0.5, 0.6) is 0 Å². The van der Waals surface area contributed by atoms with Gasteiger partial charge >= 0.3 is 0 Å². The first-order valence-corrected chi connectivity index (χ1v) is 6.74. The van der Waals surface area contributed by atoms with Crippen molar-refractivity contribution in [3.63, 3.8) is 0 Å². The molecule has 4 heteroatoms. The molecule has 0 heterocycles. The van der Waals surface area contributed by atoms with E-state index in [1.54, 1.807) is 12.1 Å². The van der Waals surface area contributed by atoms with Gasteiger partial charge in [0.25, 0.3) is 0 Å². The summed E-state index contributed by atoms with van der Waals surface area (Å²) >= 11 is 11.6. The third-order valence-corrected chi connectivity index (χ3v) is 3.72. The number of carbonyl (C=O) groups is 2. The van der Waals surface area contributed by atoms with Crippen LogP contribution in [0.15, 0.2) is 28.3 Å². The minimum atomic E-state index is -0.386. The predicted molar refractivity (Wildman–Crippen MR) is 77.0 cm³/mol. The van der Waals surface area contributed by atoms with Gasteiger partial charge in [0.2, 0.25) is 11.6 Å². The van der Waals surface area contributed by atoms with E-state index < -0.39 is 0 Å².